The Hall–Kier alpha value is -4.50. The van der Waals surface area contributed by atoms with Crippen LogP contribution in [0.2, 0.25) is 0 Å². The van der Waals surface area contributed by atoms with Gasteiger partial charge in [-0.15, -0.1) is 11.3 Å². The molecule has 2 aromatic carbocycles. The summed E-state index contributed by atoms with van der Waals surface area (Å²) in [7, 11) is 0. The van der Waals surface area contributed by atoms with Gasteiger partial charge in [-0.25, -0.2) is 4.85 Å². The van der Waals surface area contributed by atoms with E-state index < -0.39 is 5.97 Å². The first-order valence-corrected chi connectivity index (χ1v) is 16.8. The number of thiophene rings is 1. The van der Waals surface area contributed by atoms with Crippen molar-refractivity contribution in [3.8, 4) is 6.07 Å². The van der Waals surface area contributed by atoms with Crippen molar-refractivity contribution in [2.45, 2.75) is 40.2 Å². The molecule has 0 spiro atoms. The van der Waals surface area contributed by atoms with Crippen molar-refractivity contribution >= 4 is 45.2 Å². The Morgan fingerprint density at radius 3 is 2.10 bits per heavy atom. The summed E-state index contributed by atoms with van der Waals surface area (Å²) in [6, 6.07) is 18.3. The van der Waals surface area contributed by atoms with Crippen LogP contribution in [0, 0.1) is 31.8 Å². The lowest BCUT2D eigenvalue weighted by Crippen LogP contribution is -2.27. The van der Waals surface area contributed by atoms with E-state index in [4.69, 9.17) is 30.3 Å². The quantitative estimate of drug-likeness (QED) is 0.0439. The number of ether oxygens (including phenoxy) is 5. The summed E-state index contributed by atoms with van der Waals surface area (Å²) in [5.41, 5.74) is 4.83. The average Bonchev–Trinajstić information content (AvgIpc) is 3.42. The summed E-state index contributed by atoms with van der Waals surface area (Å²) in [4.78, 5) is 28.6. The molecule has 0 saturated carbocycles. The highest BCUT2D eigenvalue weighted by Gasteiger charge is 2.15. The highest BCUT2D eigenvalue weighted by molar-refractivity contribution is 7.17. The summed E-state index contributed by atoms with van der Waals surface area (Å²) < 4.78 is 27.3. The molecule has 49 heavy (non-hydrogen) atoms. The lowest BCUT2D eigenvalue weighted by atomic mass is 10.1. The Kier molecular flexibility index (Phi) is 17.6. The van der Waals surface area contributed by atoms with Crippen LogP contribution < -0.4 is 4.90 Å². The molecule has 12 nitrogen and oxygen atoms in total. The molecule has 0 radical (unpaired) electrons. The molecule has 0 aliphatic rings. The third-order valence-electron chi connectivity index (χ3n) is 7.11. The van der Waals surface area contributed by atoms with Crippen molar-refractivity contribution in [2.24, 2.45) is 10.2 Å². The monoisotopic (exact) mass is 689 g/mol. The third-order valence-corrected chi connectivity index (χ3v) is 8.18. The van der Waals surface area contributed by atoms with Gasteiger partial charge < -0.3 is 33.4 Å². The fourth-order valence-electron chi connectivity index (χ4n) is 4.45. The molecule has 0 N–H and O–H groups in total. The number of Topliss-reactive ketones (excluding diaryl/α,β-unsaturated/α-hetero) is 1. The van der Waals surface area contributed by atoms with Crippen molar-refractivity contribution in [2.75, 3.05) is 70.9 Å². The molecule has 0 aliphatic carbocycles. The first-order valence-electron chi connectivity index (χ1n) is 16.0. The molecule has 0 atom stereocenters. The van der Waals surface area contributed by atoms with E-state index in [0.717, 1.165) is 11.3 Å². The summed E-state index contributed by atoms with van der Waals surface area (Å²) >= 11 is 1.18. The molecular formula is C36H43N5O7S. The summed E-state index contributed by atoms with van der Waals surface area (Å²) in [6.07, 6.45) is 0.287. The first-order chi connectivity index (χ1) is 23.8. The van der Waals surface area contributed by atoms with Crippen molar-refractivity contribution in [1.29, 1.82) is 5.26 Å². The number of hydrogen-bond donors (Lipinski definition) is 0. The topological polar surface area (TPSA) is 136 Å². The fraction of sp³-hybridized carbons (Fsp3) is 0.444. The van der Waals surface area contributed by atoms with E-state index in [0.29, 0.717) is 86.2 Å². The molecule has 0 bridgehead atoms. The van der Waals surface area contributed by atoms with Crippen LogP contribution in [0.4, 0.5) is 22.1 Å². The van der Waals surface area contributed by atoms with Gasteiger partial charge in [0.2, 0.25) is 5.69 Å². The average molecular weight is 690 g/mol. The van der Waals surface area contributed by atoms with Crippen LogP contribution in [0.5, 0.6) is 0 Å². The number of anilines is 1. The van der Waals surface area contributed by atoms with Crippen molar-refractivity contribution < 1.29 is 33.3 Å². The fourth-order valence-corrected chi connectivity index (χ4v) is 5.31. The van der Waals surface area contributed by atoms with E-state index >= 15 is 0 Å². The van der Waals surface area contributed by atoms with E-state index in [1.165, 1.54) is 23.8 Å². The number of hydrogen-bond acceptors (Lipinski definition) is 12. The maximum Gasteiger partial charge on any atom is 0.306 e. The van der Waals surface area contributed by atoms with Crippen LogP contribution in [0.15, 0.2) is 58.8 Å². The van der Waals surface area contributed by atoms with Crippen molar-refractivity contribution in [3.63, 3.8) is 0 Å². The number of carbonyl (C=O) groups excluding carboxylic acids is 2. The molecule has 260 valence electrons. The molecule has 0 fully saturated rings. The van der Waals surface area contributed by atoms with Crippen LogP contribution in [0.3, 0.4) is 0 Å². The van der Waals surface area contributed by atoms with Crippen molar-refractivity contribution in [3.05, 3.63) is 81.5 Å². The van der Waals surface area contributed by atoms with Gasteiger partial charge in [0.15, 0.2) is 0 Å². The van der Waals surface area contributed by atoms with Crippen LogP contribution >= 0.6 is 11.3 Å². The maximum absolute atomic E-state index is 11.4. The second-order valence-corrected chi connectivity index (χ2v) is 11.9. The third kappa shape index (κ3) is 14.3. The highest BCUT2D eigenvalue weighted by atomic mass is 32.1. The smallest absolute Gasteiger partial charge is 0.306 e. The molecule has 1 aromatic heterocycles. The number of rotatable bonds is 23. The molecule has 1 heterocycles. The van der Waals surface area contributed by atoms with Gasteiger partial charge in [-0.3, -0.25) is 4.79 Å². The van der Waals surface area contributed by atoms with Crippen LogP contribution in [-0.2, 0) is 39.8 Å². The Morgan fingerprint density at radius 2 is 1.51 bits per heavy atom. The normalized spacial score (nSPS) is 11.0. The van der Waals surface area contributed by atoms with E-state index in [-0.39, 0.29) is 31.8 Å². The van der Waals surface area contributed by atoms with E-state index in [9.17, 15) is 14.9 Å². The van der Waals surface area contributed by atoms with Gasteiger partial charge >= 0.3 is 5.97 Å². The Balaban J connectivity index is 1.37. The predicted octanol–water partition coefficient (Wildman–Crippen LogP) is 7.19. The lowest BCUT2D eigenvalue weighted by molar-refractivity contribution is -0.146. The zero-order chi connectivity index (χ0) is 35.3. The zero-order valence-corrected chi connectivity index (χ0v) is 29.1. The lowest BCUT2D eigenvalue weighted by Gasteiger charge is -2.25. The SMILES string of the molecule is [C-]#[N+]c1c(N=Nc2ccc(N(CCOCCOCCOCCOCCOC(=O)CCC(C)=O)Cc3ccccc3)cc2C)sc(C#N)c1C. The summed E-state index contributed by atoms with van der Waals surface area (Å²) in [5, 5.41) is 18.5. The van der Waals surface area contributed by atoms with Crippen LogP contribution in [0.25, 0.3) is 4.85 Å². The summed E-state index contributed by atoms with van der Waals surface area (Å²) in [5.74, 6) is -0.442. The minimum Gasteiger partial charge on any atom is -0.463 e. The first kappa shape index (κ1) is 38.9. The van der Waals surface area contributed by atoms with E-state index in [1.807, 2.05) is 37.3 Å². The Bertz CT molecular complexity index is 1600. The summed E-state index contributed by atoms with van der Waals surface area (Å²) in [6.45, 7) is 17.5. The minimum absolute atomic E-state index is 0.0411. The van der Waals surface area contributed by atoms with Gasteiger partial charge in [0, 0.05) is 25.2 Å². The molecule has 0 unspecified atom stereocenters. The molecular weight excluding hydrogens is 646 g/mol. The second kappa shape index (κ2) is 22.2. The Morgan fingerprint density at radius 1 is 0.878 bits per heavy atom. The largest absolute Gasteiger partial charge is 0.463 e. The highest BCUT2D eigenvalue weighted by Crippen LogP contribution is 2.42. The van der Waals surface area contributed by atoms with Gasteiger partial charge in [0.05, 0.1) is 76.4 Å². The predicted molar refractivity (Wildman–Crippen MR) is 187 cm³/mol. The number of nitriles is 1. The van der Waals surface area contributed by atoms with Gasteiger partial charge in [0.25, 0.3) is 0 Å². The second-order valence-electron chi connectivity index (χ2n) is 10.9. The van der Waals surface area contributed by atoms with Crippen LogP contribution in [-0.4, -0.2) is 77.8 Å². The number of benzene rings is 2. The van der Waals surface area contributed by atoms with Gasteiger partial charge in [-0.2, -0.15) is 15.5 Å². The Labute approximate surface area is 292 Å². The zero-order valence-electron chi connectivity index (χ0n) is 28.3. The minimum atomic E-state index is -0.401. The molecule has 13 heteroatoms. The van der Waals surface area contributed by atoms with Crippen LogP contribution in [0.1, 0.15) is 41.3 Å². The molecule has 0 amide bonds. The molecule has 0 saturated heterocycles. The number of ketones is 1. The number of esters is 1. The van der Waals surface area contributed by atoms with E-state index in [1.54, 1.807) is 6.92 Å². The van der Waals surface area contributed by atoms with Gasteiger partial charge in [-0.05, 0) is 55.7 Å². The van der Waals surface area contributed by atoms with Crippen molar-refractivity contribution in [1.82, 2.24) is 0 Å². The number of carbonyl (C=O) groups is 2. The molecule has 0 aliphatic heterocycles. The van der Waals surface area contributed by atoms with Gasteiger partial charge in [-0.1, -0.05) is 30.3 Å². The standard InChI is InChI=1S/C36H43N5O7S/c1-27-24-31(11-12-32(27)39-40-36-35(38-4)29(3)33(25-37)49-36)41(26-30-8-6-5-7-9-30)14-15-44-16-17-45-18-19-46-20-21-47-22-23-48-34(43)13-10-28(2)42/h5-9,11-12,24H,10,13-23,26H2,1-3H3. The van der Waals surface area contributed by atoms with E-state index in [2.05, 4.69) is 44.2 Å². The number of azo groups is 1. The maximum atomic E-state index is 11.4. The number of nitrogens with zero attached hydrogens (tertiary/aromatic N) is 5. The number of aryl methyl sites for hydroxylation is 1. The van der Waals surface area contributed by atoms with Gasteiger partial charge in [0.1, 0.15) is 23.5 Å². The molecule has 3 aromatic rings. The molecule has 3 rings (SSSR count).